The van der Waals surface area contributed by atoms with Crippen LogP contribution in [0.5, 0.6) is 0 Å². The van der Waals surface area contributed by atoms with Crippen LogP contribution in [0.4, 0.5) is 0 Å². The Kier molecular flexibility index (Phi) is 25.0. The summed E-state index contributed by atoms with van der Waals surface area (Å²) < 4.78 is 2.28. The van der Waals surface area contributed by atoms with Gasteiger partial charge in [-0.15, -0.1) is 0 Å². The average Bonchev–Trinajstić information content (AvgIpc) is 2.80. The van der Waals surface area contributed by atoms with Gasteiger partial charge in [-0.05, 0) is 31.1 Å². The zero-order valence-electron chi connectivity index (χ0n) is 20.9. The highest BCUT2D eigenvalue weighted by Gasteiger charge is 1.97. The lowest BCUT2D eigenvalue weighted by Gasteiger charge is -2.00. The predicted molar refractivity (Wildman–Crippen MR) is 136 cm³/mol. The third kappa shape index (κ3) is 22.0. The molecular formula is C30H48BrN. The summed E-state index contributed by atoms with van der Waals surface area (Å²) in [6, 6.07) is 6.29. The Balaban J connectivity index is 0.00000961. The van der Waals surface area contributed by atoms with E-state index in [9.17, 15) is 0 Å². The molecule has 0 radical (unpaired) electrons. The van der Waals surface area contributed by atoms with E-state index in [1.165, 1.54) is 109 Å². The van der Waals surface area contributed by atoms with E-state index >= 15 is 0 Å². The normalized spacial score (nSPS) is 9.91. The van der Waals surface area contributed by atoms with Crippen molar-refractivity contribution in [2.75, 3.05) is 0 Å². The molecule has 32 heavy (non-hydrogen) atoms. The van der Waals surface area contributed by atoms with Gasteiger partial charge in [0.05, 0.1) is 0 Å². The number of unbranched alkanes of at least 4 members (excludes halogenated alkanes) is 17. The molecule has 1 aromatic rings. The third-order valence-corrected chi connectivity index (χ3v) is 5.89. The Hall–Kier alpha value is -1.25. The van der Waals surface area contributed by atoms with Crippen LogP contribution in [-0.2, 0) is 6.54 Å². The number of rotatable bonds is 19. The molecular weight excluding hydrogens is 454 g/mol. The van der Waals surface area contributed by atoms with Crippen LogP contribution in [-0.4, -0.2) is 0 Å². The Morgan fingerprint density at radius 2 is 0.906 bits per heavy atom. The lowest BCUT2D eigenvalue weighted by atomic mass is 10.1. The van der Waals surface area contributed by atoms with Gasteiger partial charge in [-0.1, -0.05) is 108 Å². The van der Waals surface area contributed by atoms with E-state index < -0.39 is 0 Å². The van der Waals surface area contributed by atoms with Crippen LogP contribution in [0.1, 0.15) is 129 Å². The van der Waals surface area contributed by atoms with Crippen LogP contribution in [0.2, 0.25) is 0 Å². The number of halogens is 1. The molecule has 0 N–H and O–H groups in total. The van der Waals surface area contributed by atoms with Gasteiger partial charge < -0.3 is 17.0 Å². The summed E-state index contributed by atoms with van der Waals surface area (Å²) in [5, 5.41) is 0. The number of hydrogen-bond donors (Lipinski definition) is 0. The average molecular weight is 503 g/mol. The van der Waals surface area contributed by atoms with Crippen LogP contribution >= 0.6 is 0 Å². The monoisotopic (exact) mass is 501 g/mol. The SMILES string of the molecule is CCCCCCCCCCCC#CC#CCCCCCCCCCC[n+]1ccccc1.[Br-]. The van der Waals surface area contributed by atoms with Crippen molar-refractivity contribution in [3.63, 3.8) is 0 Å². The minimum absolute atomic E-state index is 0. The summed E-state index contributed by atoms with van der Waals surface area (Å²) in [5.41, 5.74) is 0. The second-order valence-corrected chi connectivity index (χ2v) is 8.87. The molecule has 0 aliphatic heterocycles. The Morgan fingerprint density at radius 3 is 1.38 bits per heavy atom. The number of pyridine rings is 1. The molecule has 0 bridgehead atoms. The molecule has 0 aromatic carbocycles. The topological polar surface area (TPSA) is 3.88 Å². The summed E-state index contributed by atoms with van der Waals surface area (Å²) in [5.74, 6) is 12.5. The van der Waals surface area contributed by atoms with Crippen molar-refractivity contribution >= 4 is 0 Å². The first kappa shape index (κ1) is 30.8. The standard InChI is InChI=1S/C30H48N.BrH/c1-2-3-4-5-6-7-8-9-10-11-12-13-14-15-16-17-18-19-20-21-22-23-25-28-31-29-26-24-27-30-31;/h24,26-27,29-30H,2-11,16-23,25,28H2,1H3;1H/q+1;/p-1. The maximum absolute atomic E-state index is 3.23. The fraction of sp³-hybridized carbons (Fsp3) is 0.700. The molecule has 1 rings (SSSR count). The fourth-order valence-corrected chi connectivity index (χ4v) is 3.89. The van der Waals surface area contributed by atoms with Gasteiger partial charge in [0.25, 0.3) is 0 Å². The molecule has 180 valence electrons. The fourth-order valence-electron chi connectivity index (χ4n) is 3.89. The summed E-state index contributed by atoms with van der Waals surface area (Å²) in [6.07, 6.45) is 29.5. The van der Waals surface area contributed by atoms with E-state index in [2.05, 4.69) is 65.8 Å². The predicted octanol–water partition coefficient (Wildman–Crippen LogP) is 5.42. The summed E-state index contributed by atoms with van der Waals surface area (Å²) >= 11 is 0. The van der Waals surface area contributed by atoms with E-state index in [4.69, 9.17) is 0 Å². The molecule has 0 unspecified atom stereocenters. The van der Waals surface area contributed by atoms with Crippen LogP contribution in [0.15, 0.2) is 30.6 Å². The maximum atomic E-state index is 3.23. The first-order chi connectivity index (χ1) is 15.4. The number of hydrogen-bond acceptors (Lipinski definition) is 0. The van der Waals surface area contributed by atoms with Crippen molar-refractivity contribution in [2.24, 2.45) is 0 Å². The van der Waals surface area contributed by atoms with Gasteiger partial charge in [-0.3, -0.25) is 0 Å². The molecule has 0 saturated carbocycles. The first-order valence-electron chi connectivity index (χ1n) is 13.3. The van der Waals surface area contributed by atoms with Crippen molar-refractivity contribution in [1.29, 1.82) is 0 Å². The smallest absolute Gasteiger partial charge is 0.168 e. The Morgan fingerprint density at radius 1 is 0.500 bits per heavy atom. The molecule has 0 amide bonds. The van der Waals surface area contributed by atoms with Crippen molar-refractivity contribution in [2.45, 2.75) is 135 Å². The molecule has 0 aliphatic rings. The largest absolute Gasteiger partial charge is 1.00 e. The first-order valence-corrected chi connectivity index (χ1v) is 13.3. The molecule has 0 saturated heterocycles. The zero-order valence-corrected chi connectivity index (χ0v) is 22.4. The second-order valence-electron chi connectivity index (χ2n) is 8.87. The van der Waals surface area contributed by atoms with E-state index in [1.54, 1.807) is 0 Å². The number of aromatic nitrogens is 1. The van der Waals surface area contributed by atoms with Gasteiger partial charge in [0.2, 0.25) is 0 Å². The van der Waals surface area contributed by atoms with Gasteiger partial charge in [-0.25, -0.2) is 4.57 Å². The summed E-state index contributed by atoms with van der Waals surface area (Å²) in [7, 11) is 0. The van der Waals surface area contributed by atoms with E-state index in [1.807, 2.05) is 0 Å². The van der Waals surface area contributed by atoms with Crippen LogP contribution in [0.25, 0.3) is 0 Å². The molecule has 0 fully saturated rings. The number of aryl methyl sites for hydroxylation is 1. The van der Waals surface area contributed by atoms with Crippen molar-refractivity contribution in [1.82, 2.24) is 0 Å². The van der Waals surface area contributed by atoms with Gasteiger partial charge in [0, 0.05) is 31.4 Å². The van der Waals surface area contributed by atoms with Crippen LogP contribution < -0.4 is 21.5 Å². The molecule has 2 heteroatoms. The summed E-state index contributed by atoms with van der Waals surface area (Å²) in [4.78, 5) is 0. The highest BCUT2D eigenvalue weighted by Crippen LogP contribution is 2.10. The summed E-state index contributed by atoms with van der Waals surface area (Å²) in [6.45, 7) is 3.43. The molecule has 1 heterocycles. The number of nitrogens with zero attached hydrogens (tertiary/aromatic N) is 1. The minimum atomic E-state index is 0. The zero-order chi connectivity index (χ0) is 22.1. The minimum Gasteiger partial charge on any atom is -1.00 e. The molecule has 0 spiro atoms. The van der Waals surface area contributed by atoms with Gasteiger partial charge in [0.15, 0.2) is 12.4 Å². The highest BCUT2D eigenvalue weighted by atomic mass is 79.9. The highest BCUT2D eigenvalue weighted by molar-refractivity contribution is 5.25. The van der Waals surface area contributed by atoms with Gasteiger partial charge in [0.1, 0.15) is 6.54 Å². The lowest BCUT2D eigenvalue weighted by molar-refractivity contribution is -0.697. The second kappa shape index (κ2) is 26.0. The Labute approximate surface area is 210 Å². The van der Waals surface area contributed by atoms with Gasteiger partial charge >= 0.3 is 0 Å². The molecule has 1 nitrogen and oxygen atoms in total. The van der Waals surface area contributed by atoms with Crippen molar-refractivity contribution < 1.29 is 21.5 Å². The van der Waals surface area contributed by atoms with E-state index in [0.717, 1.165) is 19.4 Å². The van der Waals surface area contributed by atoms with Crippen LogP contribution in [0.3, 0.4) is 0 Å². The Bertz CT molecular complexity index is 617. The van der Waals surface area contributed by atoms with Crippen LogP contribution in [0, 0.1) is 23.7 Å². The van der Waals surface area contributed by atoms with Crippen molar-refractivity contribution in [3.8, 4) is 23.7 Å². The van der Waals surface area contributed by atoms with Crippen molar-refractivity contribution in [3.05, 3.63) is 30.6 Å². The van der Waals surface area contributed by atoms with Gasteiger partial charge in [-0.2, -0.15) is 0 Å². The maximum Gasteiger partial charge on any atom is 0.168 e. The quantitative estimate of drug-likeness (QED) is 0.135. The molecule has 1 aromatic heterocycles. The molecule has 0 atom stereocenters. The molecule has 0 aliphatic carbocycles. The van der Waals surface area contributed by atoms with E-state index in [0.29, 0.717) is 0 Å². The lowest BCUT2D eigenvalue weighted by Crippen LogP contribution is -3.00. The third-order valence-electron chi connectivity index (χ3n) is 5.89. The van der Waals surface area contributed by atoms with E-state index in [-0.39, 0.29) is 17.0 Å².